The number of hydrogen-bond donors (Lipinski definition) is 1. The maximum atomic E-state index is 14.1. The highest BCUT2D eigenvalue weighted by Crippen LogP contribution is 2.39. The van der Waals surface area contributed by atoms with Crippen molar-refractivity contribution < 1.29 is 19.1 Å². The van der Waals surface area contributed by atoms with Crippen molar-refractivity contribution in [3.05, 3.63) is 107 Å². The summed E-state index contributed by atoms with van der Waals surface area (Å²) >= 11 is 0. The van der Waals surface area contributed by atoms with Gasteiger partial charge in [-0.1, -0.05) is 78.9 Å². The minimum absolute atomic E-state index is 0.0526. The van der Waals surface area contributed by atoms with Crippen LogP contribution in [0, 0.1) is 6.92 Å². The Morgan fingerprint density at radius 2 is 1.54 bits per heavy atom. The highest BCUT2D eigenvalue weighted by molar-refractivity contribution is 5.99. The first-order chi connectivity index (χ1) is 18.9. The number of amides is 3. The molecule has 39 heavy (non-hydrogen) atoms. The maximum absolute atomic E-state index is 14.1. The number of carbonyl (C=O) groups is 3. The summed E-state index contributed by atoms with van der Waals surface area (Å²) in [6.45, 7) is 4.86. The van der Waals surface area contributed by atoms with Crippen LogP contribution in [0.3, 0.4) is 0 Å². The largest absolute Gasteiger partial charge is 0.353 e. The molecule has 1 spiro atoms. The van der Waals surface area contributed by atoms with E-state index in [0.29, 0.717) is 37.9 Å². The van der Waals surface area contributed by atoms with Gasteiger partial charge in [0, 0.05) is 31.5 Å². The van der Waals surface area contributed by atoms with Gasteiger partial charge in [-0.2, -0.15) is 0 Å². The number of rotatable bonds is 6. The van der Waals surface area contributed by atoms with Crippen molar-refractivity contribution in [2.75, 3.05) is 19.7 Å². The van der Waals surface area contributed by atoms with Gasteiger partial charge in [-0.25, -0.2) is 0 Å². The van der Waals surface area contributed by atoms with Crippen LogP contribution in [0.1, 0.15) is 52.9 Å². The average molecular weight is 526 g/mol. The van der Waals surface area contributed by atoms with E-state index in [0.717, 1.165) is 16.7 Å². The lowest BCUT2D eigenvalue weighted by Crippen LogP contribution is -2.60. The zero-order valence-corrected chi connectivity index (χ0v) is 22.5. The SMILES string of the molecule is Cc1ccccc1C(=O)N1[C@H](C(=O)N[C@@H](C)c2ccccc2)COC12CCN(C(=O)Cc1ccccc1)CC2. The molecule has 3 aromatic carbocycles. The fourth-order valence-corrected chi connectivity index (χ4v) is 5.63. The van der Waals surface area contributed by atoms with E-state index in [4.69, 9.17) is 4.74 Å². The summed E-state index contributed by atoms with van der Waals surface area (Å²) in [5.41, 5.74) is 2.42. The molecular formula is C32H35N3O4. The number of piperidine rings is 1. The molecule has 2 aliphatic heterocycles. The lowest BCUT2D eigenvalue weighted by atomic mass is 9.95. The second-order valence-corrected chi connectivity index (χ2v) is 10.4. The highest BCUT2D eigenvalue weighted by atomic mass is 16.5. The molecule has 2 fully saturated rings. The smallest absolute Gasteiger partial charge is 0.257 e. The van der Waals surface area contributed by atoms with Gasteiger partial charge >= 0.3 is 0 Å². The molecule has 7 nitrogen and oxygen atoms in total. The van der Waals surface area contributed by atoms with Gasteiger partial charge in [0.15, 0.2) is 0 Å². The zero-order chi connectivity index (χ0) is 27.4. The van der Waals surface area contributed by atoms with E-state index in [9.17, 15) is 14.4 Å². The lowest BCUT2D eigenvalue weighted by molar-refractivity contribution is -0.143. The van der Waals surface area contributed by atoms with Crippen molar-refractivity contribution in [1.82, 2.24) is 15.1 Å². The van der Waals surface area contributed by atoms with Crippen LogP contribution in [-0.2, 0) is 20.7 Å². The van der Waals surface area contributed by atoms with Crippen molar-refractivity contribution in [1.29, 1.82) is 0 Å². The summed E-state index contributed by atoms with van der Waals surface area (Å²) in [7, 11) is 0. The molecule has 0 saturated carbocycles. The summed E-state index contributed by atoms with van der Waals surface area (Å²) < 4.78 is 6.35. The quantitative estimate of drug-likeness (QED) is 0.521. The van der Waals surface area contributed by atoms with Crippen LogP contribution >= 0.6 is 0 Å². The number of ether oxygens (including phenoxy) is 1. The van der Waals surface area contributed by atoms with Crippen LogP contribution in [0.15, 0.2) is 84.9 Å². The molecule has 0 aromatic heterocycles. The Hall–Kier alpha value is -3.97. The van der Waals surface area contributed by atoms with Gasteiger partial charge in [0.25, 0.3) is 5.91 Å². The monoisotopic (exact) mass is 525 g/mol. The molecule has 2 heterocycles. The Balaban J connectivity index is 1.36. The summed E-state index contributed by atoms with van der Waals surface area (Å²) in [5.74, 6) is -0.410. The predicted octanol–water partition coefficient (Wildman–Crippen LogP) is 4.27. The highest BCUT2D eigenvalue weighted by Gasteiger charge is 2.54. The Bertz CT molecular complexity index is 1320. The number of nitrogens with zero attached hydrogens (tertiary/aromatic N) is 2. The molecule has 3 aromatic rings. The zero-order valence-electron chi connectivity index (χ0n) is 22.5. The number of aryl methyl sites for hydroxylation is 1. The standard InChI is InChI=1S/C32H35N3O4/c1-23-11-9-10-16-27(23)31(38)35-28(30(37)33-24(2)26-14-7-4-8-15-26)22-39-32(35)17-19-34(20-18-32)29(36)21-25-12-5-3-6-13-25/h3-16,24,28H,17-22H2,1-2H3,(H,33,37)/t24-,28-/m0/s1. The van der Waals surface area contributed by atoms with Gasteiger partial charge in [0.2, 0.25) is 11.8 Å². The fourth-order valence-electron chi connectivity index (χ4n) is 5.63. The first-order valence-corrected chi connectivity index (χ1v) is 13.6. The molecule has 1 N–H and O–H groups in total. The minimum Gasteiger partial charge on any atom is -0.353 e. The fraction of sp³-hybridized carbons (Fsp3) is 0.344. The Kier molecular flexibility index (Phi) is 7.79. The molecule has 202 valence electrons. The van der Waals surface area contributed by atoms with E-state index in [2.05, 4.69) is 5.32 Å². The van der Waals surface area contributed by atoms with E-state index in [1.165, 1.54) is 0 Å². The number of carbonyl (C=O) groups excluding carboxylic acids is 3. The molecule has 0 unspecified atom stereocenters. The van der Waals surface area contributed by atoms with Crippen molar-refractivity contribution >= 4 is 17.7 Å². The van der Waals surface area contributed by atoms with Crippen LogP contribution in [0.25, 0.3) is 0 Å². The van der Waals surface area contributed by atoms with E-state index < -0.39 is 11.8 Å². The Morgan fingerprint density at radius 1 is 0.923 bits per heavy atom. The van der Waals surface area contributed by atoms with Crippen LogP contribution in [0.5, 0.6) is 0 Å². The third-order valence-electron chi connectivity index (χ3n) is 7.91. The summed E-state index contributed by atoms with van der Waals surface area (Å²) in [5, 5.41) is 3.09. The normalized spacial score (nSPS) is 19.1. The first kappa shape index (κ1) is 26.6. The van der Waals surface area contributed by atoms with Gasteiger partial charge in [-0.15, -0.1) is 0 Å². The third kappa shape index (κ3) is 5.59. The first-order valence-electron chi connectivity index (χ1n) is 13.6. The van der Waals surface area contributed by atoms with Crippen molar-refractivity contribution in [2.24, 2.45) is 0 Å². The van der Waals surface area contributed by atoms with Crippen molar-refractivity contribution in [3.63, 3.8) is 0 Å². The predicted molar refractivity (Wildman–Crippen MR) is 149 cm³/mol. The maximum Gasteiger partial charge on any atom is 0.257 e. The lowest BCUT2D eigenvalue weighted by Gasteiger charge is -2.44. The third-order valence-corrected chi connectivity index (χ3v) is 7.91. The summed E-state index contributed by atoms with van der Waals surface area (Å²) in [4.78, 5) is 44.2. The molecular weight excluding hydrogens is 490 g/mol. The van der Waals surface area contributed by atoms with E-state index in [-0.39, 0.29) is 30.4 Å². The molecule has 0 aliphatic carbocycles. The molecule has 0 radical (unpaired) electrons. The van der Waals surface area contributed by atoms with Gasteiger partial charge in [0.1, 0.15) is 11.8 Å². The second kappa shape index (κ2) is 11.4. The van der Waals surface area contributed by atoms with E-state index in [1.54, 1.807) is 11.0 Å². The van der Waals surface area contributed by atoms with Crippen molar-refractivity contribution in [3.8, 4) is 0 Å². The molecule has 2 saturated heterocycles. The molecule has 0 bridgehead atoms. The number of benzene rings is 3. The van der Waals surface area contributed by atoms with Crippen molar-refractivity contribution in [2.45, 2.75) is 50.9 Å². The van der Waals surface area contributed by atoms with Gasteiger partial charge in [-0.05, 0) is 36.6 Å². The van der Waals surface area contributed by atoms with Gasteiger partial charge in [-0.3, -0.25) is 19.3 Å². The summed E-state index contributed by atoms with van der Waals surface area (Å²) in [6.07, 6.45) is 1.23. The molecule has 2 aliphatic rings. The van der Waals surface area contributed by atoms with Crippen LogP contribution in [0.2, 0.25) is 0 Å². The topological polar surface area (TPSA) is 79.0 Å². The van der Waals surface area contributed by atoms with Crippen LogP contribution in [0.4, 0.5) is 0 Å². The van der Waals surface area contributed by atoms with Crippen LogP contribution in [-0.4, -0.2) is 59.0 Å². The number of likely N-dealkylation sites (tertiary alicyclic amines) is 1. The van der Waals surface area contributed by atoms with Gasteiger partial charge < -0.3 is 15.0 Å². The number of hydrogen-bond acceptors (Lipinski definition) is 4. The van der Waals surface area contributed by atoms with Crippen LogP contribution < -0.4 is 5.32 Å². The molecule has 7 heteroatoms. The Morgan fingerprint density at radius 3 is 2.21 bits per heavy atom. The number of nitrogens with one attached hydrogen (secondary N) is 1. The van der Waals surface area contributed by atoms with E-state index in [1.807, 2.05) is 97.6 Å². The van der Waals surface area contributed by atoms with Gasteiger partial charge in [0.05, 0.1) is 19.1 Å². The second-order valence-electron chi connectivity index (χ2n) is 10.4. The minimum atomic E-state index is -0.944. The molecule has 2 atom stereocenters. The average Bonchev–Trinajstić information content (AvgIpc) is 3.32. The summed E-state index contributed by atoms with van der Waals surface area (Å²) in [6, 6.07) is 25.9. The molecule has 3 amide bonds. The molecule has 5 rings (SSSR count). The van der Waals surface area contributed by atoms with E-state index >= 15 is 0 Å². The Labute approximate surface area is 229 Å².